The van der Waals surface area contributed by atoms with Crippen molar-refractivity contribution >= 4 is 28.9 Å². The van der Waals surface area contributed by atoms with Crippen LogP contribution in [-0.4, -0.2) is 31.1 Å². The second kappa shape index (κ2) is 9.14. The summed E-state index contributed by atoms with van der Waals surface area (Å²) >= 11 is 1.53. The van der Waals surface area contributed by atoms with Crippen LogP contribution in [-0.2, 0) is 16.0 Å². The number of anilines is 1. The molecule has 3 rings (SSSR count). The van der Waals surface area contributed by atoms with E-state index in [0.717, 1.165) is 22.0 Å². The van der Waals surface area contributed by atoms with E-state index in [1.807, 2.05) is 29.6 Å². The van der Waals surface area contributed by atoms with Gasteiger partial charge in [-0.05, 0) is 42.8 Å². The van der Waals surface area contributed by atoms with E-state index < -0.39 is 5.97 Å². The maximum absolute atomic E-state index is 12.2. The van der Waals surface area contributed by atoms with E-state index in [0.29, 0.717) is 24.1 Å². The molecule has 0 saturated heterocycles. The summed E-state index contributed by atoms with van der Waals surface area (Å²) in [5.41, 5.74) is 2.87. The highest BCUT2D eigenvalue weighted by atomic mass is 32.1. The van der Waals surface area contributed by atoms with Crippen LogP contribution in [0.2, 0.25) is 0 Å². The number of rotatable bonds is 7. The molecule has 7 heteroatoms. The van der Waals surface area contributed by atoms with Crippen LogP contribution in [0.5, 0.6) is 5.75 Å². The minimum atomic E-state index is -0.410. The van der Waals surface area contributed by atoms with Gasteiger partial charge in [0.15, 0.2) is 0 Å². The van der Waals surface area contributed by atoms with Gasteiger partial charge < -0.3 is 14.8 Å². The number of aryl methyl sites for hydroxylation is 1. The minimum Gasteiger partial charge on any atom is -0.496 e. The standard InChI is InChI=1S/C21H20N2O4S/c1-26-18-6-4-3-5-17(18)20-23-16(13-28-20)11-12-19(24)22-15-9-7-14(8-10-15)21(25)27-2/h3-10,13H,11-12H2,1-2H3,(H,22,24). The summed E-state index contributed by atoms with van der Waals surface area (Å²) in [6.07, 6.45) is 0.853. The number of ether oxygens (including phenoxy) is 2. The number of amides is 1. The molecule has 6 nitrogen and oxygen atoms in total. The first-order valence-corrected chi connectivity index (χ1v) is 9.54. The van der Waals surface area contributed by atoms with E-state index >= 15 is 0 Å². The van der Waals surface area contributed by atoms with Gasteiger partial charge in [-0.3, -0.25) is 4.79 Å². The van der Waals surface area contributed by atoms with Crippen molar-refractivity contribution in [3.05, 3.63) is 65.2 Å². The predicted molar refractivity (Wildman–Crippen MR) is 109 cm³/mol. The average molecular weight is 396 g/mol. The van der Waals surface area contributed by atoms with E-state index in [2.05, 4.69) is 15.0 Å². The molecule has 0 saturated carbocycles. The van der Waals surface area contributed by atoms with E-state index in [9.17, 15) is 9.59 Å². The molecule has 2 aromatic carbocycles. The molecule has 1 N–H and O–H groups in total. The number of nitrogens with one attached hydrogen (secondary N) is 1. The van der Waals surface area contributed by atoms with E-state index in [1.165, 1.54) is 18.4 Å². The average Bonchev–Trinajstić information content (AvgIpc) is 3.21. The van der Waals surface area contributed by atoms with Crippen molar-refractivity contribution in [2.24, 2.45) is 0 Å². The lowest BCUT2D eigenvalue weighted by atomic mass is 10.2. The van der Waals surface area contributed by atoms with Crippen LogP contribution in [0.3, 0.4) is 0 Å². The van der Waals surface area contributed by atoms with Crippen LogP contribution in [0.4, 0.5) is 5.69 Å². The molecule has 28 heavy (non-hydrogen) atoms. The Kier molecular flexibility index (Phi) is 6.39. The number of carbonyl (C=O) groups excluding carboxylic acids is 2. The van der Waals surface area contributed by atoms with Crippen molar-refractivity contribution in [2.75, 3.05) is 19.5 Å². The molecule has 0 fully saturated rings. The maximum Gasteiger partial charge on any atom is 0.337 e. The number of aromatic nitrogens is 1. The summed E-state index contributed by atoms with van der Waals surface area (Å²) < 4.78 is 10.0. The number of thiazole rings is 1. The lowest BCUT2D eigenvalue weighted by Crippen LogP contribution is -2.12. The number of para-hydroxylation sites is 1. The quantitative estimate of drug-likeness (QED) is 0.606. The van der Waals surface area contributed by atoms with Crippen molar-refractivity contribution in [1.29, 1.82) is 0 Å². The molecule has 1 aromatic heterocycles. The third-order valence-corrected chi connectivity index (χ3v) is 5.01. The van der Waals surface area contributed by atoms with Crippen LogP contribution in [0.1, 0.15) is 22.5 Å². The fourth-order valence-electron chi connectivity index (χ4n) is 2.64. The van der Waals surface area contributed by atoms with Crippen molar-refractivity contribution < 1.29 is 19.1 Å². The van der Waals surface area contributed by atoms with Gasteiger partial charge in [0, 0.05) is 17.5 Å². The molecule has 1 heterocycles. The summed E-state index contributed by atoms with van der Waals surface area (Å²) in [4.78, 5) is 28.2. The summed E-state index contributed by atoms with van der Waals surface area (Å²) in [6.45, 7) is 0. The van der Waals surface area contributed by atoms with Gasteiger partial charge in [0.2, 0.25) is 5.91 Å². The van der Waals surface area contributed by atoms with Crippen molar-refractivity contribution in [1.82, 2.24) is 4.98 Å². The Morgan fingerprint density at radius 2 is 1.82 bits per heavy atom. The summed E-state index contributed by atoms with van der Waals surface area (Å²) in [6, 6.07) is 14.3. The zero-order chi connectivity index (χ0) is 19.9. The summed E-state index contributed by atoms with van der Waals surface area (Å²) in [5.74, 6) is 0.251. The van der Waals surface area contributed by atoms with Crippen LogP contribution < -0.4 is 10.1 Å². The lowest BCUT2D eigenvalue weighted by molar-refractivity contribution is -0.116. The van der Waals surface area contributed by atoms with Crippen LogP contribution in [0.25, 0.3) is 10.6 Å². The molecule has 0 unspecified atom stereocenters. The maximum atomic E-state index is 12.2. The van der Waals surface area contributed by atoms with Gasteiger partial charge in [0.05, 0.1) is 31.0 Å². The third kappa shape index (κ3) is 4.75. The second-order valence-electron chi connectivity index (χ2n) is 5.96. The first kappa shape index (κ1) is 19.6. The number of esters is 1. The van der Waals surface area contributed by atoms with E-state index in [-0.39, 0.29) is 5.91 Å². The number of nitrogens with zero attached hydrogens (tertiary/aromatic N) is 1. The monoisotopic (exact) mass is 396 g/mol. The third-order valence-electron chi connectivity index (χ3n) is 4.09. The van der Waals surface area contributed by atoms with Gasteiger partial charge in [0.25, 0.3) is 0 Å². The van der Waals surface area contributed by atoms with Gasteiger partial charge in [-0.15, -0.1) is 11.3 Å². The summed E-state index contributed by atoms with van der Waals surface area (Å²) in [7, 11) is 2.96. The molecule has 3 aromatic rings. The molecule has 0 atom stereocenters. The van der Waals surface area contributed by atoms with Gasteiger partial charge in [0.1, 0.15) is 10.8 Å². The van der Waals surface area contributed by atoms with Crippen molar-refractivity contribution in [3.63, 3.8) is 0 Å². The zero-order valence-corrected chi connectivity index (χ0v) is 16.4. The second-order valence-corrected chi connectivity index (χ2v) is 6.82. The van der Waals surface area contributed by atoms with E-state index in [1.54, 1.807) is 31.4 Å². The highest BCUT2D eigenvalue weighted by Gasteiger charge is 2.11. The molecule has 0 bridgehead atoms. The predicted octanol–water partition coefficient (Wildman–Crippen LogP) is 4.18. The Morgan fingerprint density at radius 3 is 2.54 bits per heavy atom. The lowest BCUT2D eigenvalue weighted by Gasteiger charge is -2.06. The van der Waals surface area contributed by atoms with Crippen molar-refractivity contribution in [3.8, 4) is 16.3 Å². The highest BCUT2D eigenvalue weighted by Crippen LogP contribution is 2.32. The Balaban J connectivity index is 1.57. The normalized spacial score (nSPS) is 10.4. The number of carbonyl (C=O) groups is 2. The van der Waals surface area contributed by atoms with Gasteiger partial charge in [-0.25, -0.2) is 9.78 Å². The number of benzene rings is 2. The molecule has 0 aliphatic heterocycles. The largest absolute Gasteiger partial charge is 0.496 e. The van der Waals surface area contributed by atoms with Gasteiger partial charge in [-0.2, -0.15) is 0 Å². The number of hydrogen-bond donors (Lipinski definition) is 1. The van der Waals surface area contributed by atoms with Gasteiger partial charge in [-0.1, -0.05) is 12.1 Å². The Bertz CT molecular complexity index is 967. The van der Waals surface area contributed by atoms with Gasteiger partial charge >= 0.3 is 5.97 Å². The van der Waals surface area contributed by atoms with Crippen LogP contribution in [0.15, 0.2) is 53.9 Å². The molecule has 0 spiro atoms. The van der Waals surface area contributed by atoms with Crippen LogP contribution in [0, 0.1) is 0 Å². The first-order chi connectivity index (χ1) is 13.6. The summed E-state index contributed by atoms with van der Waals surface area (Å²) in [5, 5.41) is 5.64. The molecule has 1 amide bonds. The molecule has 0 radical (unpaired) electrons. The van der Waals surface area contributed by atoms with Crippen molar-refractivity contribution in [2.45, 2.75) is 12.8 Å². The zero-order valence-electron chi connectivity index (χ0n) is 15.6. The minimum absolute atomic E-state index is 0.113. The Hall–Kier alpha value is -3.19. The number of hydrogen-bond acceptors (Lipinski definition) is 6. The molecule has 0 aliphatic carbocycles. The Morgan fingerprint density at radius 1 is 1.07 bits per heavy atom. The molecular formula is C21H20N2O4S. The smallest absolute Gasteiger partial charge is 0.337 e. The van der Waals surface area contributed by atoms with E-state index in [4.69, 9.17) is 4.74 Å². The Labute approximate surface area is 167 Å². The van der Waals surface area contributed by atoms with Crippen LogP contribution >= 0.6 is 11.3 Å². The molecule has 144 valence electrons. The fourth-order valence-corrected chi connectivity index (χ4v) is 3.52. The highest BCUT2D eigenvalue weighted by molar-refractivity contribution is 7.13. The number of methoxy groups -OCH3 is 2. The first-order valence-electron chi connectivity index (χ1n) is 8.66. The SMILES string of the molecule is COC(=O)c1ccc(NC(=O)CCc2csc(-c3ccccc3OC)n2)cc1. The molecular weight excluding hydrogens is 376 g/mol. The topological polar surface area (TPSA) is 77.5 Å². The fraction of sp³-hybridized carbons (Fsp3) is 0.190. The molecule has 0 aliphatic rings.